The van der Waals surface area contributed by atoms with Crippen LogP contribution < -0.4 is 5.32 Å². The molecule has 1 fully saturated rings. The topological polar surface area (TPSA) is 61.0 Å². The Balaban J connectivity index is 1.88. The second-order valence-corrected chi connectivity index (χ2v) is 5.05. The average molecular weight is 250 g/mol. The highest BCUT2D eigenvalue weighted by atomic mass is 16.2. The number of nitrogens with one attached hydrogen (secondary N) is 2. The Kier molecular flexibility index (Phi) is 4.01. The van der Waals surface area contributed by atoms with Crippen LogP contribution in [0.5, 0.6) is 0 Å². The van der Waals surface area contributed by atoms with Crippen LogP contribution in [0.25, 0.3) is 0 Å². The van der Waals surface area contributed by atoms with E-state index in [4.69, 9.17) is 0 Å². The molecule has 1 atom stereocenters. The predicted octanol–water partition coefficient (Wildman–Crippen LogP) is 1.13. The summed E-state index contributed by atoms with van der Waals surface area (Å²) in [5, 5.41) is 10.4. The van der Waals surface area contributed by atoms with Gasteiger partial charge in [0.2, 0.25) is 5.91 Å². The number of carbonyl (C=O) groups excluding carboxylic acids is 1. The minimum absolute atomic E-state index is 0.128. The number of aromatic nitrogens is 2. The largest absolute Gasteiger partial charge is 0.341 e. The number of amides is 1. The number of H-pyrrole nitrogens is 1. The molecule has 2 N–H and O–H groups in total. The van der Waals surface area contributed by atoms with Crippen molar-refractivity contribution in [3.63, 3.8) is 0 Å². The molecular weight excluding hydrogens is 228 g/mol. The van der Waals surface area contributed by atoms with Crippen molar-refractivity contribution < 1.29 is 4.79 Å². The molecule has 0 spiro atoms. The van der Waals surface area contributed by atoms with Gasteiger partial charge in [0.1, 0.15) is 0 Å². The molecule has 1 aliphatic heterocycles. The van der Waals surface area contributed by atoms with Crippen LogP contribution in [-0.2, 0) is 11.3 Å². The number of nitrogens with zero attached hydrogens (tertiary/aromatic N) is 2. The van der Waals surface area contributed by atoms with Crippen molar-refractivity contribution in [3.8, 4) is 0 Å². The van der Waals surface area contributed by atoms with Crippen LogP contribution in [-0.4, -0.2) is 40.1 Å². The van der Waals surface area contributed by atoms with Gasteiger partial charge in [-0.05, 0) is 33.6 Å². The molecule has 1 saturated heterocycles. The van der Waals surface area contributed by atoms with E-state index in [-0.39, 0.29) is 11.9 Å². The van der Waals surface area contributed by atoms with Crippen molar-refractivity contribution in [2.75, 3.05) is 13.1 Å². The number of hydrogen-bond donors (Lipinski definition) is 2. The van der Waals surface area contributed by atoms with E-state index in [2.05, 4.69) is 15.5 Å². The van der Waals surface area contributed by atoms with Crippen LogP contribution >= 0.6 is 0 Å². The van der Waals surface area contributed by atoms with Crippen molar-refractivity contribution in [2.45, 2.75) is 46.2 Å². The van der Waals surface area contributed by atoms with E-state index < -0.39 is 0 Å². The highest BCUT2D eigenvalue weighted by molar-refractivity contribution is 5.81. The summed E-state index contributed by atoms with van der Waals surface area (Å²) < 4.78 is 0. The van der Waals surface area contributed by atoms with Crippen molar-refractivity contribution >= 4 is 5.91 Å². The third kappa shape index (κ3) is 2.72. The molecule has 2 rings (SSSR count). The van der Waals surface area contributed by atoms with Crippen molar-refractivity contribution in [1.82, 2.24) is 20.4 Å². The van der Waals surface area contributed by atoms with E-state index in [1.807, 2.05) is 25.7 Å². The van der Waals surface area contributed by atoms with E-state index >= 15 is 0 Å². The van der Waals surface area contributed by atoms with Gasteiger partial charge in [-0.3, -0.25) is 9.89 Å². The second-order valence-electron chi connectivity index (χ2n) is 5.05. The van der Waals surface area contributed by atoms with Gasteiger partial charge in [-0.25, -0.2) is 0 Å². The minimum atomic E-state index is -0.128. The Morgan fingerprint density at radius 3 is 2.67 bits per heavy atom. The number of hydrogen-bond acceptors (Lipinski definition) is 3. The minimum Gasteiger partial charge on any atom is -0.341 e. The molecule has 5 heteroatoms. The van der Waals surface area contributed by atoms with Crippen molar-refractivity contribution in [1.29, 1.82) is 0 Å². The fraction of sp³-hybridized carbons (Fsp3) is 0.692. The summed E-state index contributed by atoms with van der Waals surface area (Å²) in [5.74, 6) is 0.214. The fourth-order valence-corrected chi connectivity index (χ4v) is 2.39. The van der Waals surface area contributed by atoms with Crippen LogP contribution in [0.4, 0.5) is 0 Å². The first kappa shape index (κ1) is 13.1. The lowest BCUT2D eigenvalue weighted by atomic mass is 10.2. The molecule has 0 aromatic carbocycles. The lowest BCUT2D eigenvalue weighted by Gasteiger charge is -2.21. The Hall–Kier alpha value is -1.36. The summed E-state index contributed by atoms with van der Waals surface area (Å²) >= 11 is 0. The molecule has 100 valence electrons. The highest BCUT2D eigenvalue weighted by Crippen LogP contribution is 2.11. The first-order chi connectivity index (χ1) is 8.59. The molecule has 5 nitrogen and oxygen atoms in total. The van der Waals surface area contributed by atoms with Crippen LogP contribution in [0.2, 0.25) is 0 Å². The van der Waals surface area contributed by atoms with Gasteiger partial charge < -0.3 is 10.2 Å². The molecule has 1 aliphatic rings. The van der Waals surface area contributed by atoms with E-state index in [9.17, 15) is 4.79 Å². The van der Waals surface area contributed by atoms with Gasteiger partial charge in [-0.15, -0.1) is 0 Å². The maximum absolute atomic E-state index is 12.1. The van der Waals surface area contributed by atoms with Gasteiger partial charge in [-0.1, -0.05) is 0 Å². The molecule has 1 aromatic heterocycles. The molecule has 18 heavy (non-hydrogen) atoms. The lowest BCUT2D eigenvalue weighted by Crippen LogP contribution is -2.43. The molecule has 0 bridgehead atoms. The molecule has 0 aliphatic carbocycles. The lowest BCUT2D eigenvalue weighted by molar-refractivity contribution is -0.131. The SMILES string of the molecule is Cc1n[nH]c(C)c1CNC(C)C(=O)N1CCCC1. The Labute approximate surface area is 108 Å². The first-order valence-electron chi connectivity index (χ1n) is 6.62. The maximum atomic E-state index is 12.1. The van der Waals surface area contributed by atoms with Gasteiger partial charge in [0.05, 0.1) is 11.7 Å². The normalized spacial score (nSPS) is 17.2. The number of aryl methyl sites for hydroxylation is 2. The Morgan fingerprint density at radius 1 is 1.44 bits per heavy atom. The summed E-state index contributed by atoms with van der Waals surface area (Å²) in [7, 11) is 0. The van der Waals surface area contributed by atoms with Gasteiger partial charge >= 0.3 is 0 Å². The van der Waals surface area contributed by atoms with E-state index in [0.717, 1.165) is 42.9 Å². The maximum Gasteiger partial charge on any atom is 0.239 e. The van der Waals surface area contributed by atoms with Gasteiger partial charge in [0.15, 0.2) is 0 Å². The molecule has 1 amide bonds. The standard InChI is InChI=1S/C13H22N4O/c1-9-12(10(2)16-15-9)8-14-11(3)13(18)17-6-4-5-7-17/h11,14H,4-8H2,1-3H3,(H,15,16). The van der Waals surface area contributed by atoms with Crippen molar-refractivity contribution in [3.05, 3.63) is 17.0 Å². The fourth-order valence-electron chi connectivity index (χ4n) is 2.39. The van der Waals surface area contributed by atoms with Crippen LogP contribution in [0.15, 0.2) is 0 Å². The van der Waals surface area contributed by atoms with Gasteiger partial charge in [0, 0.05) is 30.9 Å². The van der Waals surface area contributed by atoms with E-state index in [1.54, 1.807) is 0 Å². The predicted molar refractivity (Wildman–Crippen MR) is 70.2 cm³/mol. The molecule has 2 heterocycles. The Bertz CT molecular complexity index is 401. The molecule has 1 aromatic rings. The van der Waals surface area contributed by atoms with Gasteiger partial charge in [-0.2, -0.15) is 5.10 Å². The zero-order chi connectivity index (χ0) is 13.1. The zero-order valence-corrected chi connectivity index (χ0v) is 11.4. The quantitative estimate of drug-likeness (QED) is 0.842. The van der Waals surface area contributed by atoms with Crippen LogP contribution in [0.3, 0.4) is 0 Å². The summed E-state index contributed by atoms with van der Waals surface area (Å²) in [6.45, 7) is 8.43. The third-order valence-electron chi connectivity index (χ3n) is 3.65. The van der Waals surface area contributed by atoms with Crippen LogP contribution in [0.1, 0.15) is 36.7 Å². The van der Waals surface area contributed by atoms with E-state index in [1.165, 1.54) is 0 Å². The first-order valence-corrected chi connectivity index (χ1v) is 6.62. The van der Waals surface area contributed by atoms with E-state index in [0.29, 0.717) is 6.54 Å². The molecule has 1 unspecified atom stereocenters. The Morgan fingerprint density at radius 2 is 2.11 bits per heavy atom. The number of aromatic amines is 1. The second kappa shape index (κ2) is 5.52. The van der Waals surface area contributed by atoms with Gasteiger partial charge in [0.25, 0.3) is 0 Å². The third-order valence-corrected chi connectivity index (χ3v) is 3.65. The zero-order valence-electron chi connectivity index (χ0n) is 11.4. The summed E-state index contributed by atoms with van der Waals surface area (Å²) in [6, 6.07) is -0.128. The highest BCUT2D eigenvalue weighted by Gasteiger charge is 2.23. The number of likely N-dealkylation sites (tertiary alicyclic amines) is 1. The monoisotopic (exact) mass is 250 g/mol. The number of carbonyl (C=O) groups is 1. The average Bonchev–Trinajstić information content (AvgIpc) is 2.97. The summed E-state index contributed by atoms with van der Waals surface area (Å²) in [6.07, 6.45) is 2.27. The summed E-state index contributed by atoms with van der Waals surface area (Å²) in [4.78, 5) is 14.1. The smallest absolute Gasteiger partial charge is 0.239 e. The summed E-state index contributed by atoms with van der Waals surface area (Å²) in [5.41, 5.74) is 3.23. The van der Waals surface area contributed by atoms with Crippen LogP contribution in [0, 0.1) is 13.8 Å². The molecule has 0 radical (unpaired) electrons. The number of rotatable bonds is 4. The molecular formula is C13H22N4O. The van der Waals surface area contributed by atoms with Crippen molar-refractivity contribution in [2.24, 2.45) is 0 Å². The molecule has 0 saturated carbocycles.